The zero-order valence-corrected chi connectivity index (χ0v) is 15.6. The molecule has 7 heteroatoms. The maximum Gasteiger partial charge on any atom is 0.281 e. The SMILES string of the molecule is CC1CC(C)CN(S(=O)(=O)N(C)CCC(N)C(C)C)C1.Cl. The van der Waals surface area contributed by atoms with E-state index in [9.17, 15) is 8.42 Å². The van der Waals surface area contributed by atoms with Gasteiger partial charge in [0.25, 0.3) is 10.2 Å². The van der Waals surface area contributed by atoms with Crippen molar-refractivity contribution in [3.63, 3.8) is 0 Å². The highest BCUT2D eigenvalue weighted by Crippen LogP contribution is 2.24. The smallest absolute Gasteiger partial charge is 0.281 e. The summed E-state index contributed by atoms with van der Waals surface area (Å²) in [5, 5.41) is 0. The lowest BCUT2D eigenvalue weighted by Gasteiger charge is -2.36. The first-order chi connectivity index (χ1) is 9.14. The number of nitrogens with zero attached hydrogens (tertiary/aromatic N) is 2. The standard InChI is InChI=1S/C14H31N3O2S.ClH/c1-11(2)14(15)6-7-16(5)20(18,19)17-9-12(3)8-13(4)10-17;/h11-14H,6-10,15H2,1-5H3;1H. The van der Waals surface area contributed by atoms with Gasteiger partial charge in [-0.1, -0.05) is 27.7 Å². The van der Waals surface area contributed by atoms with Crippen molar-refractivity contribution in [1.29, 1.82) is 0 Å². The third kappa shape index (κ3) is 6.02. The van der Waals surface area contributed by atoms with Crippen molar-refractivity contribution in [1.82, 2.24) is 8.61 Å². The molecule has 3 atom stereocenters. The highest BCUT2D eigenvalue weighted by Gasteiger charge is 2.33. The largest absolute Gasteiger partial charge is 0.327 e. The molecule has 0 bridgehead atoms. The minimum Gasteiger partial charge on any atom is -0.327 e. The number of piperidine rings is 1. The second-order valence-electron chi connectivity index (χ2n) is 6.79. The summed E-state index contributed by atoms with van der Waals surface area (Å²) in [6.45, 7) is 10.1. The minimum atomic E-state index is -3.34. The highest BCUT2D eigenvalue weighted by molar-refractivity contribution is 7.86. The van der Waals surface area contributed by atoms with E-state index in [1.165, 1.54) is 4.31 Å². The van der Waals surface area contributed by atoms with Crippen LogP contribution < -0.4 is 5.73 Å². The molecule has 1 saturated heterocycles. The van der Waals surface area contributed by atoms with Gasteiger partial charge < -0.3 is 5.73 Å². The first kappa shape index (κ1) is 21.1. The average molecular weight is 342 g/mol. The lowest BCUT2D eigenvalue weighted by atomic mass is 9.94. The normalized spacial score (nSPS) is 25.9. The van der Waals surface area contributed by atoms with Gasteiger partial charge in [0.2, 0.25) is 0 Å². The van der Waals surface area contributed by atoms with Crippen molar-refractivity contribution < 1.29 is 8.42 Å². The van der Waals surface area contributed by atoms with Gasteiger partial charge in [0.1, 0.15) is 0 Å². The molecule has 1 rings (SSSR count). The molecule has 5 nitrogen and oxygen atoms in total. The van der Waals surface area contributed by atoms with E-state index in [1.54, 1.807) is 11.4 Å². The van der Waals surface area contributed by atoms with Crippen LogP contribution in [0.5, 0.6) is 0 Å². The molecule has 0 saturated carbocycles. The Morgan fingerprint density at radius 1 is 1.24 bits per heavy atom. The highest BCUT2D eigenvalue weighted by atomic mass is 35.5. The third-order valence-electron chi connectivity index (χ3n) is 4.19. The van der Waals surface area contributed by atoms with Gasteiger partial charge >= 0.3 is 0 Å². The summed E-state index contributed by atoms with van der Waals surface area (Å²) in [6.07, 6.45) is 1.81. The van der Waals surface area contributed by atoms with Gasteiger partial charge in [-0.3, -0.25) is 0 Å². The van der Waals surface area contributed by atoms with Crippen molar-refractivity contribution in [2.45, 2.75) is 46.6 Å². The monoisotopic (exact) mass is 341 g/mol. The zero-order chi connectivity index (χ0) is 15.5. The van der Waals surface area contributed by atoms with Crippen molar-refractivity contribution >= 4 is 22.6 Å². The van der Waals surface area contributed by atoms with Crippen molar-refractivity contribution in [2.24, 2.45) is 23.5 Å². The van der Waals surface area contributed by atoms with Crippen LogP contribution in [0.3, 0.4) is 0 Å². The molecule has 0 aromatic heterocycles. The molecule has 0 amide bonds. The second-order valence-corrected chi connectivity index (χ2v) is 8.82. The fourth-order valence-electron chi connectivity index (χ4n) is 2.77. The minimum absolute atomic E-state index is 0. The summed E-state index contributed by atoms with van der Waals surface area (Å²) in [5.41, 5.74) is 6.00. The fourth-order valence-corrected chi connectivity index (χ4v) is 4.39. The van der Waals surface area contributed by atoms with Crippen LogP contribution in [-0.2, 0) is 10.2 Å². The summed E-state index contributed by atoms with van der Waals surface area (Å²) in [7, 11) is -1.68. The Balaban J connectivity index is 0.00000400. The van der Waals surface area contributed by atoms with Crippen LogP contribution in [0.4, 0.5) is 0 Å². The predicted molar refractivity (Wildman–Crippen MR) is 90.7 cm³/mol. The van der Waals surface area contributed by atoms with E-state index in [4.69, 9.17) is 5.73 Å². The van der Waals surface area contributed by atoms with Crippen LogP contribution in [0.15, 0.2) is 0 Å². The second kappa shape index (κ2) is 8.67. The summed E-state index contributed by atoms with van der Waals surface area (Å²) in [5.74, 6) is 1.24. The lowest BCUT2D eigenvalue weighted by Crippen LogP contribution is -2.49. The fraction of sp³-hybridized carbons (Fsp3) is 1.00. The maximum absolute atomic E-state index is 12.6. The number of rotatable bonds is 6. The molecule has 3 unspecified atom stereocenters. The van der Waals surface area contributed by atoms with E-state index in [-0.39, 0.29) is 18.4 Å². The van der Waals surface area contributed by atoms with E-state index >= 15 is 0 Å². The van der Waals surface area contributed by atoms with E-state index in [0.717, 1.165) is 6.42 Å². The first-order valence-electron chi connectivity index (χ1n) is 7.61. The molecule has 128 valence electrons. The van der Waals surface area contributed by atoms with Crippen molar-refractivity contribution in [3.8, 4) is 0 Å². The maximum atomic E-state index is 12.6. The van der Waals surface area contributed by atoms with E-state index in [0.29, 0.717) is 43.8 Å². The lowest BCUT2D eigenvalue weighted by molar-refractivity contribution is 0.211. The Morgan fingerprint density at radius 2 is 1.71 bits per heavy atom. The summed E-state index contributed by atoms with van der Waals surface area (Å²) >= 11 is 0. The Bertz CT molecular complexity index is 393. The van der Waals surface area contributed by atoms with Gasteiger partial charge in [0.05, 0.1) is 0 Å². The van der Waals surface area contributed by atoms with Gasteiger partial charge in [-0.05, 0) is 30.6 Å². The molecule has 0 aliphatic carbocycles. The van der Waals surface area contributed by atoms with E-state index in [1.807, 2.05) is 0 Å². The number of nitrogens with two attached hydrogens (primary N) is 1. The van der Waals surface area contributed by atoms with Gasteiger partial charge in [-0.2, -0.15) is 17.0 Å². The molecular formula is C14H32ClN3O2S. The molecule has 1 aliphatic heterocycles. The van der Waals surface area contributed by atoms with Gasteiger partial charge in [0.15, 0.2) is 0 Å². The van der Waals surface area contributed by atoms with Crippen LogP contribution in [0.25, 0.3) is 0 Å². The molecule has 1 fully saturated rings. The molecule has 0 aromatic carbocycles. The van der Waals surface area contributed by atoms with Crippen LogP contribution in [0.2, 0.25) is 0 Å². The Labute approximate surface area is 136 Å². The van der Waals surface area contributed by atoms with Crippen LogP contribution >= 0.6 is 12.4 Å². The number of hydrogen-bond acceptors (Lipinski definition) is 3. The first-order valence-corrected chi connectivity index (χ1v) is 9.01. The molecular weight excluding hydrogens is 310 g/mol. The Morgan fingerprint density at radius 3 is 2.14 bits per heavy atom. The molecule has 0 radical (unpaired) electrons. The number of hydrogen-bond donors (Lipinski definition) is 1. The molecule has 0 aromatic rings. The Kier molecular flexibility index (Phi) is 8.72. The summed E-state index contributed by atoms with van der Waals surface area (Å²) in [6, 6.07) is 0.0480. The van der Waals surface area contributed by atoms with Crippen molar-refractivity contribution in [3.05, 3.63) is 0 Å². The van der Waals surface area contributed by atoms with Gasteiger partial charge in [0, 0.05) is 32.7 Å². The predicted octanol–water partition coefficient (Wildman–Crippen LogP) is 1.94. The topological polar surface area (TPSA) is 66.6 Å². The summed E-state index contributed by atoms with van der Waals surface area (Å²) in [4.78, 5) is 0. The Hall–Kier alpha value is 0.120. The van der Waals surface area contributed by atoms with Gasteiger partial charge in [-0.25, -0.2) is 0 Å². The summed E-state index contributed by atoms with van der Waals surface area (Å²) < 4.78 is 28.2. The molecule has 1 heterocycles. The average Bonchev–Trinajstić information content (AvgIpc) is 2.33. The quantitative estimate of drug-likeness (QED) is 0.802. The molecule has 1 aliphatic rings. The van der Waals surface area contributed by atoms with Crippen LogP contribution in [0.1, 0.15) is 40.5 Å². The molecule has 21 heavy (non-hydrogen) atoms. The zero-order valence-electron chi connectivity index (χ0n) is 13.9. The number of halogens is 1. The van der Waals surface area contributed by atoms with Crippen LogP contribution in [0, 0.1) is 17.8 Å². The third-order valence-corrected chi connectivity index (χ3v) is 6.11. The molecule has 0 spiro atoms. The van der Waals surface area contributed by atoms with E-state index in [2.05, 4.69) is 27.7 Å². The van der Waals surface area contributed by atoms with Gasteiger partial charge in [-0.15, -0.1) is 12.4 Å². The molecule has 2 N–H and O–H groups in total. The van der Waals surface area contributed by atoms with E-state index < -0.39 is 10.2 Å². The van der Waals surface area contributed by atoms with Crippen molar-refractivity contribution in [2.75, 3.05) is 26.7 Å². The van der Waals surface area contributed by atoms with Crippen LogP contribution in [-0.4, -0.2) is 49.8 Å².